The molecular formula is C20H21ClFNO3. The van der Waals surface area contributed by atoms with Crippen LogP contribution in [0.3, 0.4) is 0 Å². The number of carboxylic acids is 1. The van der Waals surface area contributed by atoms with E-state index in [2.05, 4.69) is 4.90 Å². The molecule has 1 unspecified atom stereocenters. The molecule has 1 aliphatic rings. The maximum atomic E-state index is 14.0. The van der Waals surface area contributed by atoms with Crippen LogP contribution in [0.15, 0.2) is 42.5 Å². The van der Waals surface area contributed by atoms with Gasteiger partial charge < -0.3 is 9.84 Å². The number of rotatable bonds is 5. The van der Waals surface area contributed by atoms with E-state index in [0.717, 1.165) is 11.1 Å². The van der Waals surface area contributed by atoms with Gasteiger partial charge >= 0.3 is 5.97 Å². The van der Waals surface area contributed by atoms with Crippen molar-refractivity contribution in [2.45, 2.75) is 18.9 Å². The number of carbonyl (C=O) groups is 1. The van der Waals surface area contributed by atoms with Gasteiger partial charge in [0.2, 0.25) is 0 Å². The summed E-state index contributed by atoms with van der Waals surface area (Å²) in [6.07, 6.45) is 1.13. The lowest BCUT2D eigenvalue weighted by molar-refractivity contribution is -0.143. The van der Waals surface area contributed by atoms with Gasteiger partial charge in [-0.3, -0.25) is 9.69 Å². The van der Waals surface area contributed by atoms with Crippen molar-refractivity contribution in [2.24, 2.45) is 5.92 Å². The van der Waals surface area contributed by atoms with Gasteiger partial charge in [0, 0.05) is 10.6 Å². The van der Waals surface area contributed by atoms with E-state index in [4.69, 9.17) is 16.3 Å². The highest BCUT2D eigenvalue weighted by atomic mass is 35.5. The van der Waals surface area contributed by atoms with E-state index >= 15 is 0 Å². The summed E-state index contributed by atoms with van der Waals surface area (Å²) in [5.41, 5.74) is 1.69. The Bertz CT molecular complexity index is 773. The minimum Gasteiger partial charge on any atom is -0.496 e. The molecule has 1 heterocycles. The van der Waals surface area contributed by atoms with E-state index in [9.17, 15) is 14.3 Å². The molecular weight excluding hydrogens is 357 g/mol. The van der Waals surface area contributed by atoms with Crippen LogP contribution in [0.2, 0.25) is 5.02 Å². The van der Waals surface area contributed by atoms with Crippen molar-refractivity contribution in [3.8, 4) is 5.75 Å². The number of benzene rings is 2. The van der Waals surface area contributed by atoms with Crippen molar-refractivity contribution in [3.05, 3.63) is 64.4 Å². The normalized spacial score (nSPS) is 17.0. The van der Waals surface area contributed by atoms with Crippen molar-refractivity contribution in [2.75, 3.05) is 20.2 Å². The summed E-state index contributed by atoms with van der Waals surface area (Å²) in [7, 11) is 1.56. The summed E-state index contributed by atoms with van der Waals surface area (Å²) < 4.78 is 19.4. The van der Waals surface area contributed by atoms with Crippen LogP contribution in [0.1, 0.15) is 30.0 Å². The standard InChI is InChI=1S/C20H21ClFNO3/c1-26-18-7-6-16(22)12-17(18)19(13-2-4-15(21)5-3-13)23-10-8-14(9-11-23)20(24)25/h2-7,12,14,19H,8-11H2,1H3,(H,24,25). The molecule has 6 heteroatoms. The van der Waals surface area contributed by atoms with Crippen LogP contribution in [0, 0.1) is 11.7 Å². The number of carboxylic acid groups (broad SMARTS) is 1. The molecule has 0 radical (unpaired) electrons. The zero-order valence-corrected chi connectivity index (χ0v) is 15.2. The highest BCUT2D eigenvalue weighted by Gasteiger charge is 2.31. The summed E-state index contributed by atoms with van der Waals surface area (Å²) in [4.78, 5) is 13.4. The summed E-state index contributed by atoms with van der Waals surface area (Å²) in [6, 6.07) is 11.7. The smallest absolute Gasteiger partial charge is 0.306 e. The number of ether oxygens (including phenoxy) is 1. The number of methoxy groups -OCH3 is 1. The first-order chi connectivity index (χ1) is 12.5. The van der Waals surface area contributed by atoms with Gasteiger partial charge in [-0.1, -0.05) is 23.7 Å². The Labute approximate surface area is 157 Å². The van der Waals surface area contributed by atoms with Gasteiger partial charge in [-0.25, -0.2) is 4.39 Å². The highest BCUT2D eigenvalue weighted by Crippen LogP contribution is 2.37. The van der Waals surface area contributed by atoms with Crippen LogP contribution in [-0.2, 0) is 4.79 Å². The summed E-state index contributed by atoms with van der Waals surface area (Å²) in [6.45, 7) is 1.23. The van der Waals surface area contributed by atoms with Crippen LogP contribution in [0.25, 0.3) is 0 Å². The molecule has 3 rings (SSSR count). The molecule has 1 saturated heterocycles. The molecule has 0 amide bonds. The monoisotopic (exact) mass is 377 g/mol. The minimum absolute atomic E-state index is 0.229. The zero-order chi connectivity index (χ0) is 18.7. The third kappa shape index (κ3) is 4.00. The molecule has 2 aromatic rings. The fourth-order valence-electron chi connectivity index (χ4n) is 3.56. The largest absolute Gasteiger partial charge is 0.496 e. The first-order valence-corrected chi connectivity index (χ1v) is 8.93. The van der Waals surface area contributed by atoms with E-state index in [1.165, 1.54) is 12.1 Å². The zero-order valence-electron chi connectivity index (χ0n) is 14.5. The number of nitrogens with zero attached hydrogens (tertiary/aromatic N) is 1. The number of halogens is 2. The Morgan fingerprint density at radius 3 is 2.46 bits per heavy atom. The fourth-order valence-corrected chi connectivity index (χ4v) is 3.68. The molecule has 1 aliphatic heterocycles. The van der Waals surface area contributed by atoms with E-state index in [1.54, 1.807) is 25.3 Å². The van der Waals surface area contributed by atoms with Crippen LogP contribution in [0.5, 0.6) is 5.75 Å². The third-order valence-corrected chi connectivity index (χ3v) is 5.17. The predicted molar refractivity (Wildman–Crippen MR) is 98.2 cm³/mol. The predicted octanol–water partition coefficient (Wildman–Crippen LogP) is 4.37. The molecule has 26 heavy (non-hydrogen) atoms. The molecule has 2 aromatic carbocycles. The van der Waals surface area contributed by atoms with Crippen molar-refractivity contribution >= 4 is 17.6 Å². The van der Waals surface area contributed by atoms with Gasteiger partial charge in [0.15, 0.2) is 0 Å². The molecule has 138 valence electrons. The number of piperidine rings is 1. The maximum absolute atomic E-state index is 14.0. The lowest BCUT2D eigenvalue weighted by Gasteiger charge is -2.37. The molecule has 0 spiro atoms. The average Bonchev–Trinajstić information content (AvgIpc) is 2.64. The van der Waals surface area contributed by atoms with Gasteiger partial charge in [-0.2, -0.15) is 0 Å². The van der Waals surface area contributed by atoms with Gasteiger partial charge in [-0.15, -0.1) is 0 Å². The lowest BCUT2D eigenvalue weighted by atomic mass is 9.91. The summed E-state index contributed by atoms with van der Waals surface area (Å²) in [5, 5.41) is 9.87. The minimum atomic E-state index is -0.754. The van der Waals surface area contributed by atoms with Crippen LogP contribution in [-0.4, -0.2) is 36.2 Å². The Hall–Kier alpha value is -2.11. The van der Waals surface area contributed by atoms with Crippen LogP contribution in [0.4, 0.5) is 4.39 Å². The third-order valence-electron chi connectivity index (χ3n) is 4.92. The van der Waals surface area contributed by atoms with Gasteiger partial charge in [0.05, 0.1) is 19.1 Å². The van der Waals surface area contributed by atoms with Gasteiger partial charge in [-0.05, 0) is 61.8 Å². The number of likely N-dealkylation sites (tertiary alicyclic amines) is 1. The summed E-state index contributed by atoms with van der Waals surface area (Å²) in [5.74, 6) is -0.811. The first kappa shape index (κ1) is 18.7. The number of hydrogen-bond acceptors (Lipinski definition) is 3. The first-order valence-electron chi connectivity index (χ1n) is 8.55. The highest BCUT2D eigenvalue weighted by molar-refractivity contribution is 6.30. The molecule has 0 aromatic heterocycles. The molecule has 1 fully saturated rings. The quantitative estimate of drug-likeness (QED) is 0.840. The number of hydrogen-bond donors (Lipinski definition) is 1. The second-order valence-corrected chi connectivity index (χ2v) is 6.93. The Morgan fingerprint density at radius 2 is 1.88 bits per heavy atom. The Kier molecular flexibility index (Phi) is 5.79. The number of aliphatic carboxylic acids is 1. The molecule has 4 nitrogen and oxygen atoms in total. The summed E-state index contributed by atoms with van der Waals surface area (Å²) >= 11 is 6.02. The SMILES string of the molecule is COc1ccc(F)cc1C(c1ccc(Cl)cc1)N1CCC(C(=O)O)CC1. The van der Waals surface area contributed by atoms with E-state index < -0.39 is 5.97 Å². The van der Waals surface area contributed by atoms with Crippen LogP contribution < -0.4 is 4.74 Å². The molecule has 0 saturated carbocycles. The lowest BCUT2D eigenvalue weighted by Crippen LogP contribution is -2.39. The van der Waals surface area contributed by atoms with Gasteiger partial charge in [0.25, 0.3) is 0 Å². The van der Waals surface area contributed by atoms with Gasteiger partial charge in [0.1, 0.15) is 11.6 Å². The second kappa shape index (κ2) is 8.06. The molecule has 0 aliphatic carbocycles. The van der Waals surface area contributed by atoms with Crippen molar-refractivity contribution < 1.29 is 19.0 Å². The second-order valence-electron chi connectivity index (χ2n) is 6.49. The fraction of sp³-hybridized carbons (Fsp3) is 0.350. The maximum Gasteiger partial charge on any atom is 0.306 e. The average molecular weight is 378 g/mol. The van der Waals surface area contributed by atoms with E-state index in [-0.39, 0.29) is 17.8 Å². The van der Waals surface area contributed by atoms with Crippen molar-refractivity contribution in [3.63, 3.8) is 0 Å². The Morgan fingerprint density at radius 1 is 1.23 bits per heavy atom. The van der Waals surface area contributed by atoms with E-state index in [0.29, 0.717) is 36.7 Å². The van der Waals surface area contributed by atoms with E-state index in [1.807, 2.05) is 12.1 Å². The molecule has 1 atom stereocenters. The molecule has 1 N–H and O–H groups in total. The topological polar surface area (TPSA) is 49.8 Å². The Balaban J connectivity index is 1.99. The molecule has 0 bridgehead atoms. The van der Waals surface area contributed by atoms with Crippen molar-refractivity contribution in [1.29, 1.82) is 0 Å². The van der Waals surface area contributed by atoms with Crippen molar-refractivity contribution in [1.82, 2.24) is 4.90 Å². The van der Waals surface area contributed by atoms with Crippen LogP contribution >= 0.6 is 11.6 Å².